The molecule has 1 aliphatic carbocycles. The normalized spacial score (nSPS) is 12.7. The molecule has 0 amide bonds. The molecule has 0 heterocycles. The van der Waals surface area contributed by atoms with Crippen molar-refractivity contribution in [1.82, 2.24) is 0 Å². The van der Waals surface area contributed by atoms with E-state index >= 15 is 0 Å². The third-order valence-electron chi connectivity index (χ3n) is 13.6. The monoisotopic (exact) mass is 815 g/mol. The van der Waals surface area contributed by atoms with Crippen LogP contribution in [0.15, 0.2) is 237 Å². The highest BCUT2D eigenvalue weighted by Crippen LogP contribution is 2.52. The summed E-state index contributed by atoms with van der Waals surface area (Å²) in [6, 6.07) is 87.2. The van der Waals surface area contributed by atoms with Gasteiger partial charge in [-0.05, 0) is 130 Å². The standard InChI is InChI=1S/C63H45N/c1-63(2)60-25-11-10-21-58(60)59-24-13-23-57(62(59)63)46-30-36-51(37-31-46)64(50-34-28-42(29-35-50)47-32-38-55-48(40-47)27-26-45-17-7-9-20-53(45)55)61-41-49(33-39-56(61)44-14-4-3-5-15-44)54-22-12-18-43-16-6-8-19-52(43)54/h3-41H,1-2H3. The SMILES string of the molecule is CC1(C)c2ccccc2-c2cccc(-c3ccc(N(c4ccc(-c5ccc6c(ccc7ccccc76)c5)cc4)c4cc(-c5cccc6ccccc56)ccc4-c4ccccc4)cc3)c21. The van der Waals surface area contributed by atoms with Crippen LogP contribution in [0.3, 0.4) is 0 Å². The average Bonchev–Trinajstić information content (AvgIpc) is 3.60. The van der Waals surface area contributed by atoms with Crippen molar-refractivity contribution in [2.75, 3.05) is 4.90 Å². The molecule has 302 valence electrons. The van der Waals surface area contributed by atoms with Crippen LogP contribution in [-0.2, 0) is 5.41 Å². The first-order valence-corrected chi connectivity index (χ1v) is 22.3. The zero-order chi connectivity index (χ0) is 42.8. The molecule has 11 aromatic carbocycles. The molecule has 0 N–H and O–H groups in total. The second-order valence-corrected chi connectivity index (χ2v) is 17.7. The summed E-state index contributed by atoms with van der Waals surface area (Å²) in [5.74, 6) is 0. The van der Waals surface area contributed by atoms with E-state index in [-0.39, 0.29) is 5.41 Å². The van der Waals surface area contributed by atoms with E-state index in [4.69, 9.17) is 0 Å². The fraction of sp³-hybridized carbons (Fsp3) is 0.0476. The van der Waals surface area contributed by atoms with Gasteiger partial charge >= 0.3 is 0 Å². The summed E-state index contributed by atoms with van der Waals surface area (Å²) in [6.07, 6.45) is 0. The predicted molar refractivity (Wildman–Crippen MR) is 273 cm³/mol. The molecule has 0 saturated carbocycles. The lowest BCUT2D eigenvalue weighted by Crippen LogP contribution is -2.16. The maximum Gasteiger partial charge on any atom is 0.0546 e. The summed E-state index contributed by atoms with van der Waals surface area (Å²) in [7, 11) is 0. The van der Waals surface area contributed by atoms with Crippen LogP contribution in [0.2, 0.25) is 0 Å². The van der Waals surface area contributed by atoms with Gasteiger partial charge in [0.15, 0.2) is 0 Å². The zero-order valence-corrected chi connectivity index (χ0v) is 36.0. The highest BCUT2D eigenvalue weighted by atomic mass is 15.1. The van der Waals surface area contributed by atoms with Gasteiger partial charge in [0.25, 0.3) is 0 Å². The molecule has 1 aliphatic rings. The van der Waals surface area contributed by atoms with Gasteiger partial charge in [0, 0.05) is 22.4 Å². The highest BCUT2D eigenvalue weighted by molar-refractivity contribution is 6.08. The lowest BCUT2D eigenvalue weighted by atomic mass is 9.79. The molecule has 0 unspecified atom stereocenters. The Morgan fingerprint density at radius 2 is 0.828 bits per heavy atom. The number of fused-ring (bicyclic) bond motifs is 7. The average molecular weight is 816 g/mol. The third-order valence-corrected chi connectivity index (χ3v) is 13.6. The van der Waals surface area contributed by atoms with Gasteiger partial charge in [0.1, 0.15) is 0 Å². The zero-order valence-electron chi connectivity index (χ0n) is 36.0. The van der Waals surface area contributed by atoms with E-state index in [1.807, 2.05) is 0 Å². The van der Waals surface area contributed by atoms with Gasteiger partial charge in [-0.25, -0.2) is 0 Å². The van der Waals surface area contributed by atoms with Crippen molar-refractivity contribution >= 4 is 49.4 Å². The molecule has 1 heteroatoms. The van der Waals surface area contributed by atoms with Crippen LogP contribution < -0.4 is 4.90 Å². The molecule has 0 spiro atoms. The van der Waals surface area contributed by atoms with Crippen LogP contribution in [0, 0.1) is 0 Å². The number of rotatable bonds is 7. The Kier molecular flexibility index (Phi) is 8.91. The topological polar surface area (TPSA) is 3.24 Å². The summed E-state index contributed by atoms with van der Waals surface area (Å²) in [6.45, 7) is 4.74. The molecule has 12 rings (SSSR count). The molecule has 1 nitrogen and oxygen atoms in total. The van der Waals surface area contributed by atoms with E-state index in [9.17, 15) is 0 Å². The van der Waals surface area contributed by atoms with Crippen LogP contribution in [0.4, 0.5) is 17.1 Å². The van der Waals surface area contributed by atoms with E-state index in [1.165, 1.54) is 99.1 Å². The molecule has 0 fully saturated rings. The van der Waals surface area contributed by atoms with Crippen LogP contribution >= 0.6 is 0 Å². The van der Waals surface area contributed by atoms with Crippen LogP contribution in [0.1, 0.15) is 25.0 Å². The summed E-state index contributed by atoms with van der Waals surface area (Å²) >= 11 is 0. The number of hydrogen-bond acceptors (Lipinski definition) is 1. The van der Waals surface area contributed by atoms with Crippen molar-refractivity contribution in [3.05, 3.63) is 248 Å². The quantitative estimate of drug-likeness (QED) is 0.145. The maximum atomic E-state index is 2.45. The van der Waals surface area contributed by atoms with Crippen molar-refractivity contribution in [2.45, 2.75) is 19.3 Å². The van der Waals surface area contributed by atoms with E-state index in [0.717, 1.165) is 17.1 Å². The molecular formula is C63H45N. The van der Waals surface area contributed by atoms with Gasteiger partial charge in [-0.3, -0.25) is 0 Å². The van der Waals surface area contributed by atoms with Crippen LogP contribution in [-0.4, -0.2) is 0 Å². The Morgan fingerprint density at radius 1 is 0.297 bits per heavy atom. The molecule has 0 aromatic heterocycles. The third kappa shape index (κ3) is 6.23. The number of anilines is 3. The van der Waals surface area contributed by atoms with E-state index in [0.29, 0.717) is 0 Å². The number of hydrogen-bond donors (Lipinski definition) is 0. The Labute approximate surface area is 375 Å². The molecule has 11 aromatic rings. The molecule has 0 aliphatic heterocycles. The fourth-order valence-corrected chi connectivity index (χ4v) is 10.5. The van der Waals surface area contributed by atoms with E-state index in [2.05, 4.69) is 255 Å². The van der Waals surface area contributed by atoms with Crippen LogP contribution in [0.5, 0.6) is 0 Å². The van der Waals surface area contributed by atoms with Gasteiger partial charge in [-0.2, -0.15) is 0 Å². The van der Waals surface area contributed by atoms with Gasteiger partial charge in [0.2, 0.25) is 0 Å². The largest absolute Gasteiger partial charge is 0.310 e. The summed E-state index contributed by atoms with van der Waals surface area (Å²) < 4.78 is 0. The van der Waals surface area contributed by atoms with Gasteiger partial charge in [-0.15, -0.1) is 0 Å². The van der Waals surface area contributed by atoms with Crippen molar-refractivity contribution < 1.29 is 0 Å². The fourth-order valence-electron chi connectivity index (χ4n) is 10.5. The molecular weight excluding hydrogens is 771 g/mol. The van der Waals surface area contributed by atoms with Gasteiger partial charge in [-0.1, -0.05) is 214 Å². The lowest BCUT2D eigenvalue weighted by Gasteiger charge is -2.29. The number of benzene rings is 11. The first-order valence-electron chi connectivity index (χ1n) is 22.3. The molecule has 0 atom stereocenters. The predicted octanol–water partition coefficient (Wildman–Crippen LogP) is 17.6. The van der Waals surface area contributed by atoms with Crippen molar-refractivity contribution in [2.24, 2.45) is 0 Å². The molecule has 0 radical (unpaired) electrons. The molecule has 0 bridgehead atoms. The van der Waals surface area contributed by atoms with Crippen molar-refractivity contribution in [3.8, 4) is 55.6 Å². The Hall–Kier alpha value is -8.00. The highest BCUT2D eigenvalue weighted by Gasteiger charge is 2.37. The maximum absolute atomic E-state index is 2.45. The summed E-state index contributed by atoms with van der Waals surface area (Å²) in [5.41, 5.74) is 18.3. The lowest BCUT2D eigenvalue weighted by molar-refractivity contribution is 0.662. The van der Waals surface area contributed by atoms with E-state index < -0.39 is 0 Å². The van der Waals surface area contributed by atoms with Crippen molar-refractivity contribution in [1.29, 1.82) is 0 Å². The number of nitrogens with zero attached hydrogens (tertiary/aromatic N) is 1. The summed E-state index contributed by atoms with van der Waals surface area (Å²) in [5, 5.41) is 7.55. The Morgan fingerprint density at radius 3 is 1.62 bits per heavy atom. The smallest absolute Gasteiger partial charge is 0.0546 e. The van der Waals surface area contributed by atoms with Gasteiger partial charge in [0.05, 0.1) is 5.69 Å². The minimum absolute atomic E-state index is 0.111. The first-order chi connectivity index (χ1) is 31.5. The van der Waals surface area contributed by atoms with Gasteiger partial charge < -0.3 is 4.90 Å². The van der Waals surface area contributed by atoms with E-state index in [1.54, 1.807) is 0 Å². The minimum atomic E-state index is -0.111. The second-order valence-electron chi connectivity index (χ2n) is 17.7. The molecule has 64 heavy (non-hydrogen) atoms. The minimum Gasteiger partial charge on any atom is -0.310 e. The Balaban J connectivity index is 1.02. The Bertz CT molecular complexity index is 3560. The second kappa shape index (κ2) is 15.1. The summed E-state index contributed by atoms with van der Waals surface area (Å²) in [4.78, 5) is 2.45. The van der Waals surface area contributed by atoms with Crippen LogP contribution in [0.25, 0.3) is 88.0 Å². The molecule has 0 saturated heterocycles. The van der Waals surface area contributed by atoms with Crippen molar-refractivity contribution in [3.63, 3.8) is 0 Å². The first kappa shape index (κ1) is 37.7.